The topological polar surface area (TPSA) is 18.8 Å². The number of rotatable bonds is 7. The van der Waals surface area contributed by atoms with Crippen LogP contribution in [0.4, 0.5) is 17.1 Å². The third-order valence-corrected chi connectivity index (χ3v) is 4.09. The van der Waals surface area contributed by atoms with Crippen molar-refractivity contribution < 1.29 is 0 Å². The molecule has 114 valence electrons. The lowest BCUT2D eigenvalue weighted by Crippen LogP contribution is -2.23. The first-order valence-electron chi connectivity index (χ1n) is 7.75. The van der Waals surface area contributed by atoms with Gasteiger partial charge in [-0.2, -0.15) is 0 Å². The lowest BCUT2D eigenvalue weighted by atomic mass is 10.3. The van der Waals surface area contributed by atoms with Crippen molar-refractivity contribution in [2.24, 2.45) is 4.99 Å². The SMILES string of the molecule is CCN(CC)c1c(N(CC)CC)c1=Nc1ccc(Cl)cc1. The molecule has 4 heteroatoms. The fourth-order valence-corrected chi connectivity index (χ4v) is 2.71. The molecule has 0 unspecified atom stereocenters. The van der Waals surface area contributed by atoms with Crippen LogP contribution in [0.15, 0.2) is 29.3 Å². The fraction of sp³-hybridized carbons (Fsp3) is 0.471. The predicted molar refractivity (Wildman–Crippen MR) is 92.6 cm³/mol. The maximum Gasteiger partial charge on any atom is 0.115 e. The predicted octanol–water partition coefficient (Wildman–Crippen LogP) is 4.14. The van der Waals surface area contributed by atoms with Crippen molar-refractivity contribution in [2.45, 2.75) is 27.7 Å². The number of halogens is 1. The number of hydrogen-bond acceptors (Lipinski definition) is 3. The molecule has 21 heavy (non-hydrogen) atoms. The van der Waals surface area contributed by atoms with Crippen molar-refractivity contribution in [3.63, 3.8) is 0 Å². The molecule has 0 bridgehead atoms. The molecule has 2 aromatic rings. The molecule has 0 amide bonds. The molecule has 0 heterocycles. The Kier molecular flexibility index (Phi) is 5.29. The van der Waals surface area contributed by atoms with E-state index in [1.54, 1.807) is 0 Å². The molecule has 0 N–H and O–H groups in total. The molecular formula is C17H24ClN3. The van der Waals surface area contributed by atoms with Crippen molar-refractivity contribution in [3.05, 3.63) is 34.6 Å². The zero-order valence-electron chi connectivity index (χ0n) is 13.4. The van der Waals surface area contributed by atoms with Gasteiger partial charge in [0.15, 0.2) is 0 Å². The van der Waals surface area contributed by atoms with Crippen LogP contribution in [0, 0.1) is 0 Å². The van der Waals surface area contributed by atoms with Gasteiger partial charge in [0.25, 0.3) is 0 Å². The molecular weight excluding hydrogens is 282 g/mol. The molecule has 0 aliphatic carbocycles. The molecule has 0 saturated carbocycles. The summed E-state index contributed by atoms with van der Waals surface area (Å²) in [7, 11) is 0. The lowest BCUT2D eigenvalue weighted by molar-refractivity contribution is 0.855. The molecule has 0 spiro atoms. The lowest BCUT2D eigenvalue weighted by Gasteiger charge is -2.19. The summed E-state index contributed by atoms with van der Waals surface area (Å²) in [5, 5.41) is 1.88. The molecule has 2 rings (SSSR count). The van der Waals surface area contributed by atoms with Crippen LogP contribution in [0.1, 0.15) is 27.7 Å². The maximum absolute atomic E-state index is 5.94. The van der Waals surface area contributed by atoms with Crippen molar-refractivity contribution in [2.75, 3.05) is 36.0 Å². The zero-order chi connectivity index (χ0) is 15.4. The van der Waals surface area contributed by atoms with Crippen LogP contribution in [-0.2, 0) is 0 Å². The molecule has 0 radical (unpaired) electrons. The van der Waals surface area contributed by atoms with Crippen molar-refractivity contribution in [3.8, 4) is 0 Å². The minimum absolute atomic E-state index is 0.746. The average Bonchev–Trinajstić information content (AvgIpc) is 3.18. The Morgan fingerprint density at radius 2 is 1.24 bits per heavy atom. The van der Waals surface area contributed by atoms with E-state index in [-0.39, 0.29) is 0 Å². The molecule has 0 aliphatic heterocycles. The molecule has 0 aromatic heterocycles. The first-order valence-corrected chi connectivity index (χ1v) is 8.13. The Morgan fingerprint density at radius 3 is 1.62 bits per heavy atom. The molecule has 0 saturated heterocycles. The summed E-state index contributed by atoms with van der Waals surface area (Å²) >= 11 is 5.94. The summed E-state index contributed by atoms with van der Waals surface area (Å²) in [5.74, 6) is 0. The minimum Gasteiger partial charge on any atom is -0.369 e. The van der Waals surface area contributed by atoms with E-state index < -0.39 is 0 Å². The van der Waals surface area contributed by atoms with E-state index in [1.165, 1.54) is 11.4 Å². The van der Waals surface area contributed by atoms with Gasteiger partial charge in [-0.25, -0.2) is 4.99 Å². The summed E-state index contributed by atoms with van der Waals surface area (Å²) in [6.45, 7) is 12.8. The second-order valence-corrected chi connectivity index (χ2v) is 5.42. The monoisotopic (exact) mass is 305 g/mol. The fourth-order valence-electron chi connectivity index (χ4n) is 2.59. The Morgan fingerprint density at radius 1 is 0.810 bits per heavy atom. The highest BCUT2D eigenvalue weighted by Gasteiger charge is 2.28. The third-order valence-electron chi connectivity index (χ3n) is 3.84. The molecule has 0 aliphatic rings. The average molecular weight is 306 g/mol. The van der Waals surface area contributed by atoms with E-state index in [1.807, 2.05) is 24.3 Å². The van der Waals surface area contributed by atoms with Crippen LogP contribution in [-0.4, -0.2) is 26.2 Å². The van der Waals surface area contributed by atoms with Gasteiger partial charge in [0.2, 0.25) is 0 Å². The highest BCUT2D eigenvalue weighted by atomic mass is 35.5. The Hall–Kier alpha value is -1.48. The first-order chi connectivity index (χ1) is 10.2. The summed E-state index contributed by atoms with van der Waals surface area (Å²) < 4.78 is 0. The van der Waals surface area contributed by atoms with E-state index in [4.69, 9.17) is 16.6 Å². The summed E-state index contributed by atoms with van der Waals surface area (Å²) in [5.41, 5.74) is 3.57. The van der Waals surface area contributed by atoms with Gasteiger partial charge >= 0.3 is 0 Å². The molecule has 0 fully saturated rings. The van der Waals surface area contributed by atoms with E-state index in [2.05, 4.69) is 37.5 Å². The first kappa shape index (κ1) is 15.9. The smallest absolute Gasteiger partial charge is 0.115 e. The molecule has 3 nitrogen and oxygen atoms in total. The number of anilines is 2. The van der Waals surface area contributed by atoms with Gasteiger partial charge in [0, 0.05) is 31.2 Å². The van der Waals surface area contributed by atoms with Gasteiger partial charge in [-0.05, 0) is 52.0 Å². The Labute approximate surface area is 132 Å². The number of benzene rings is 1. The Bertz CT molecular complexity index is 559. The third kappa shape index (κ3) is 3.41. The van der Waals surface area contributed by atoms with Crippen LogP contribution in [0.25, 0.3) is 0 Å². The van der Waals surface area contributed by atoms with Crippen LogP contribution in [0.5, 0.6) is 0 Å². The second kappa shape index (κ2) is 6.99. The van der Waals surface area contributed by atoms with Gasteiger partial charge in [-0.15, -0.1) is 0 Å². The van der Waals surface area contributed by atoms with Gasteiger partial charge in [-0.3, -0.25) is 0 Å². The highest BCUT2D eigenvalue weighted by Crippen LogP contribution is 2.33. The van der Waals surface area contributed by atoms with Crippen molar-refractivity contribution >= 4 is 28.7 Å². The normalized spacial score (nSPS) is 10.9. The van der Waals surface area contributed by atoms with Crippen molar-refractivity contribution in [1.82, 2.24) is 0 Å². The second-order valence-electron chi connectivity index (χ2n) is 4.98. The number of hydrogen-bond donors (Lipinski definition) is 0. The van der Waals surface area contributed by atoms with E-state index in [0.717, 1.165) is 42.2 Å². The maximum atomic E-state index is 5.94. The van der Waals surface area contributed by atoms with E-state index in [0.29, 0.717) is 0 Å². The standard InChI is InChI=1S/C17H24ClN3/c1-5-20(6-2)16-15(17(16)21(7-3)8-4)19-14-11-9-13(18)10-12-14/h9-12H,5-8H2,1-4H3. The summed E-state index contributed by atoms with van der Waals surface area (Å²) in [6.07, 6.45) is 0. The molecule has 2 aromatic carbocycles. The minimum atomic E-state index is 0.746. The van der Waals surface area contributed by atoms with Crippen LogP contribution < -0.4 is 15.2 Å². The molecule has 0 atom stereocenters. The van der Waals surface area contributed by atoms with Gasteiger partial charge in [-0.1, -0.05) is 11.6 Å². The quantitative estimate of drug-likeness (QED) is 0.765. The Balaban J connectivity index is 2.39. The summed E-state index contributed by atoms with van der Waals surface area (Å²) in [6, 6.07) is 7.70. The van der Waals surface area contributed by atoms with Crippen LogP contribution in [0.3, 0.4) is 0 Å². The van der Waals surface area contributed by atoms with E-state index >= 15 is 0 Å². The summed E-state index contributed by atoms with van der Waals surface area (Å²) in [4.78, 5) is 9.56. The van der Waals surface area contributed by atoms with Crippen molar-refractivity contribution in [1.29, 1.82) is 0 Å². The number of nitrogens with zero attached hydrogens (tertiary/aromatic N) is 3. The van der Waals surface area contributed by atoms with E-state index in [9.17, 15) is 0 Å². The van der Waals surface area contributed by atoms with Crippen LogP contribution in [0.2, 0.25) is 5.02 Å². The van der Waals surface area contributed by atoms with Crippen LogP contribution >= 0.6 is 11.6 Å². The highest BCUT2D eigenvalue weighted by molar-refractivity contribution is 6.30. The van der Waals surface area contributed by atoms with Gasteiger partial charge < -0.3 is 9.80 Å². The zero-order valence-corrected chi connectivity index (χ0v) is 14.1. The van der Waals surface area contributed by atoms with Gasteiger partial charge in [0.05, 0.1) is 17.1 Å². The largest absolute Gasteiger partial charge is 0.369 e. The van der Waals surface area contributed by atoms with Gasteiger partial charge in [0.1, 0.15) is 5.36 Å².